The molecule has 1 aromatic carbocycles. The molecule has 1 aliphatic heterocycles. The second-order valence-electron chi connectivity index (χ2n) is 4.41. The van der Waals surface area contributed by atoms with Gasteiger partial charge in [0.25, 0.3) is 0 Å². The van der Waals surface area contributed by atoms with Gasteiger partial charge in [-0.3, -0.25) is 0 Å². The van der Waals surface area contributed by atoms with Crippen LogP contribution in [0.3, 0.4) is 0 Å². The normalized spacial score (nSPS) is 24.8. The lowest BCUT2D eigenvalue weighted by Gasteiger charge is -2.28. The van der Waals surface area contributed by atoms with Gasteiger partial charge in [-0.05, 0) is 24.6 Å². The van der Waals surface area contributed by atoms with E-state index >= 15 is 0 Å². The molecule has 1 aromatic rings. The van der Waals surface area contributed by atoms with Gasteiger partial charge in [-0.1, -0.05) is 12.1 Å². The van der Waals surface area contributed by atoms with Crippen LogP contribution in [-0.4, -0.2) is 37.0 Å². The van der Waals surface area contributed by atoms with Crippen LogP contribution in [0, 0.1) is 0 Å². The van der Waals surface area contributed by atoms with Crippen LogP contribution >= 0.6 is 0 Å². The fourth-order valence-corrected chi connectivity index (χ4v) is 1.93. The third-order valence-electron chi connectivity index (χ3n) is 2.71. The van der Waals surface area contributed by atoms with Crippen LogP contribution in [0.25, 0.3) is 0 Å². The summed E-state index contributed by atoms with van der Waals surface area (Å²) < 4.78 is 11.3. The van der Waals surface area contributed by atoms with Crippen molar-refractivity contribution < 1.29 is 14.6 Å². The molecule has 1 saturated heterocycles. The van der Waals surface area contributed by atoms with Crippen LogP contribution < -0.4 is 5.32 Å². The number of hydrogen-bond donors (Lipinski definition) is 2. The maximum Gasteiger partial charge on any atom is 0.115 e. The number of morpholine rings is 1. The van der Waals surface area contributed by atoms with E-state index in [4.69, 9.17) is 9.47 Å². The van der Waals surface area contributed by atoms with Crippen molar-refractivity contribution in [2.75, 3.05) is 19.7 Å². The number of phenolic OH excluding ortho intramolecular Hbond substituents is 1. The Kier molecular flexibility index (Phi) is 4.36. The van der Waals surface area contributed by atoms with Crippen LogP contribution in [-0.2, 0) is 16.1 Å². The first-order valence-electron chi connectivity index (χ1n) is 5.96. The summed E-state index contributed by atoms with van der Waals surface area (Å²) in [5.74, 6) is 0.273. The first-order chi connectivity index (χ1) is 8.24. The Morgan fingerprint density at radius 1 is 1.47 bits per heavy atom. The van der Waals surface area contributed by atoms with E-state index in [2.05, 4.69) is 5.32 Å². The molecule has 0 bridgehead atoms. The quantitative estimate of drug-likeness (QED) is 0.828. The van der Waals surface area contributed by atoms with Gasteiger partial charge in [0.05, 0.1) is 25.4 Å². The summed E-state index contributed by atoms with van der Waals surface area (Å²) in [5.41, 5.74) is 0.974. The summed E-state index contributed by atoms with van der Waals surface area (Å²) in [6.45, 7) is 4.87. The molecule has 94 valence electrons. The molecule has 1 heterocycles. The number of hydrogen-bond acceptors (Lipinski definition) is 4. The van der Waals surface area contributed by atoms with Crippen molar-refractivity contribution in [1.82, 2.24) is 5.32 Å². The number of ether oxygens (including phenoxy) is 2. The van der Waals surface area contributed by atoms with Gasteiger partial charge < -0.3 is 19.9 Å². The molecule has 4 heteroatoms. The van der Waals surface area contributed by atoms with Gasteiger partial charge in [-0.25, -0.2) is 0 Å². The molecule has 17 heavy (non-hydrogen) atoms. The Hall–Kier alpha value is -1.10. The lowest BCUT2D eigenvalue weighted by molar-refractivity contribution is -0.0716. The van der Waals surface area contributed by atoms with E-state index < -0.39 is 0 Å². The minimum Gasteiger partial charge on any atom is -0.508 e. The largest absolute Gasteiger partial charge is 0.508 e. The molecular weight excluding hydrogens is 218 g/mol. The van der Waals surface area contributed by atoms with Crippen LogP contribution in [0.1, 0.15) is 12.5 Å². The van der Waals surface area contributed by atoms with Gasteiger partial charge in [0.15, 0.2) is 0 Å². The highest BCUT2D eigenvalue weighted by molar-refractivity contribution is 5.26. The zero-order chi connectivity index (χ0) is 12.1. The molecule has 0 saturated carbocycles. The Bertz CT molecular complexity index is 356. The molecule has 1 aliphatic rings. The first kappa shape index (κ1) is 12.4. The highest BCUT2D eigenvalue weighted by Gasteiger charge is 2.18. The number of benzene rings is 1. The van der Waals surface area contributed by atoms with E-state index in [-0.39, 0.29) is 18.0 Å². The smallest absolute Gasteiger partial charge is 0.115 e. The third kappa shape index (κ3) is 4.00. The minimum absolute atomic E-state index is 0.121. The lowest BCUT2D eigenvalue weighted by Crippen LogP contribution is -2.45. The maximum absolute atomic E-state index is 9.31. The summed E-state index contributed by atoms with van der Waals surface area (Å²) in [7, 11) is 0. The van der Waals surface area contributed by atoms with Gasteiger partial charge in [0, 0.05) is 13.1 Å². The van der Waals surface area contributed by atoms with E-state index in [1.165, 1.54) is 0 Å². The zero-order valence-electron chi connectivity index (χ0n) is 10.1. The molecule has 2 N–H and O–H groups in total. The molecule has 0 aliphatic carbocycles. The predicted molar refractivity (Wildman–Crippen MR) is 65.0 cm³/mol. The average molecular weight is 237 g/mol. The summed E-state index contributed by atoms with van der Waals surface area (Å²) >= 11 is 0. The van der Waals surface area contributed by atoms with Gasteiger partial charge in [-0.15, -0.1) is 0 Å². The zero-order valence-corrected chi connectivity index (χ0v) is 10.1. The number of rotatable bonds is 4. The van der Waals surface area contributed by atoms with Gasteiger partial charge >= 0.3 is 0 Å². The Labute approximate surface area is 102 Å². The Morgan fingerprint density at radius 2 is 2.35 bits per heavy atom. The second kappa shape index (κ2) is 6.00. The van der Waals surface area contributed by atoms with Crippen LogP contribution in [0.2, 0.25) is 0 Å². The van der Waals surface area contributed by atoms with Crippen LogP contribution in [0.15, 0.2) is 24.3 Å². The topological polar surface area (TPSA) is 50.7 Å². The molecule has 4 nitrogen and oxygen atoms in total. The molecule has 0 aromatic heterocycles. The monoisotopic (exact) mass is 237 g/mol. The summed E-state index contributed by atoms with van der Waals surface area (Å²) in [4.78, 5) is 0. The molecule has 1 fully saturated rings. The van der Waals surface area contributed by atoms with Gasteiger partial charge in [0.2, 0.25) is 0 Å². The fourth-order valence-electron chi connectivity index (χ4n) is 1.93. The van der Waals surface area contributed by atoms with Crippen molar-refractivity contribution in [3.05, 3.63) is 29.8 Å². The van der Waals surface area contributed by atoms with Crippen molar-refractivity contribution in [2.24, 2.45) is 0 Å². The third-order valence-corrected chi connectivity index (χ3v) is 2.71. The van der Waals surface area contributed by atoms with E-state index in [1.54, 1.807) is 12.1 Å². The molecule has 2 atom stereocenters. The minimum atomic E-state index is 0.121. The fraction of sp³-hybridized carbons (Fsp3) is 0.538. The van der Waals surface area contributed by atoms with E-state index in [1.807, 2.05) is 19.1 Å². The Balaban J connectivity index is 1.72. The summed E-state index contributed by atoms with van der Waals surface area (Å²) in [5, 5.41) is 12.6. The predicted octanol–water partition coefficient (Wildman–Crippen LogP) is 1.29. The second-order valence-corrected chi connectivity index (χ2v) is 4.41. The number of aromatic hydroxyl groups is 1. The average Bonchev–Trinajstić information content (AvgIpc) is 2.29. The molecule has 2 rings (SSSR count). The van der Waals surface area contributed by atoms with Crippen molar-refractivity contribution in [2.45, 2.75) is 25.7 Å². The van der Waals surface area contributed by atoms with Gasteiger partial charge in [0.1, 0.15) is 5.75 Å². The maximum atomic E-state index is 9.31. The van der Waals surface area contributed by atoms with Gasteiger partial charge in [-0.2, -0.15) is 0 Å². The number of phenols is 1. The first-order valence-corrected chi connectivity index (χ1v) is 5.96. The van der Waals surface area contributed by atoms with Crippen LogP contribution in [0.4, 0.5) is 0 Å². The van der Waals surface area contributed by atoms with Crippen molar-refractivity contribution >= 4 is 0 Å². The number of nitrogens with one attached hydrogen (secondary N) is 1. The highest BCUT2D eigenvalue weighted by Crippen LogP contribution is 2.12. The van der Waals surface area contributed by atoms with Crippen molar-refractivity contribution in [1.29, 1.82) is 0 Å². The molecule has 2 unspecified atom stereocenters. The summed E-state index contributed by atoms with van der Waals surface area (Å²) in [6, 6.07) is 7.11. The summed E-state index contributed by atoms with van der Waals surface area (Å²) in [6.07, 6.45) is 0.370. The van der Waals surface area contributed by atoms with Crippen LogP contribution in [0.5, 0.6) is 5.75 Å². The van der Waals surface area contributed by atoms with Crippen molar-refractivity contribution in [3.8, 4) is 5.75 Å². The SMILES string of the molecule is CC1CNCC(COCc2cccc(O)c2)O1. The highest BCUT2D eigenvalue weighted by atomic mass is 16.5. The van der Waals surface area contributed by atoms with E-state index in [0.717, 1.165) is 18.7 Å². The molecular formula is C13H19NO3. The van der Waals surface area contributed by atoms with E-state index in [0.29, 0.717) is 13.2 Å². The molecule has 0 radical (unpaired) electrons. The van der Waals surface area contributed by atoms with E-state index in [9.17, 15) is 5.11 Å². The molecule has 0 spiro atoms. The van der Waals surface area contributed by atoms with Crippen molar-refractivity contribution in [3.63, 3.8) is 0 Å². The lowest BCUT2D eigenvalue weighted by atomic mass is 10.2. The Morgan fingerprint density at radius 3 is 3.12 bits per heavy atom. The molecule has 0 amide bonds. The standard InChI is InChI=1S/C13H19NO3/c1-10-6-14-7-13(17-10)9-16-8-11-3-2-4-12(15)5-11/h2-5,10,13-15H,6-9H2,1H3.